The van der Waals surface area contributed by atoms with Crippen molar-refractivity contribution in [3.63, 3.8) is 0 Å². The van der Waals surface area contributed by atoms with Crippen molar-refractivity contribution in [2.24, 2.45) is 11.3 Å². The highest BCUT2D eigenvalue weighted by molar-refractivity contribution is 5.82. The van der Waals surface area contributed by atoms with Crippen molar-refractivity contribution in [3.05, 3.63) is 23.8 Å². The van der Waals surface area contributed by atoms with E-state index in [0.29, 0.717) is 0 Å². The molecule has 0 spiro atoms. The summed E-state index contributed by atoms with van der Waals surface area (Å²) in [4.78, 5) is 11.4. The van der Waals surface area contributed by atoms with Crippen LogP contribution in [0, 0.1) is 11.3 Å². The molecule has 0 aromatic carbocycles. The molecule has 0 saturated heterocycles. The lowest BCUT2D eigenvalue weighted by molar-refractivity contribution is -0.121. The van der Waals surface area contributed by atoms with Gasteiger partial charge in [0.15, 0.2) is 0 Å². The van der Waals surface area contributed by atoms with Gasteiger partial charge in [-0.05, 0) is 19.3 Å². The molecule has 12 heavy (non-hydrogen) atoms. The molecule has 0 saturated carbocycles. The summed E-state index contributed by atoms with van der Waals surface area (Å²) in [5.74, 6) is 0.334. The van der Waals surface area contributed by atoms with Crippen LogP contribution in [0.15, 0.2) is 23.8 Å². The van der Waals surface area contributed by atoms with E-state index < -0.39 is 0 Å². The van der Waals surface area contributed by atoms with E-state index >= 15 is 0 Å². The van der Waals surface area contributed by atoms with Gasteiger partial charge < -0.3 is 0 Å². The van der Waals surface area contributed by atoms with Gasteiger partial charge in [0.2, 0.25) is 0 Å². The molecule has 0 unspecified atom stereocenters. The lowest BCUT2D eigenvalue weighted by Crippen LogP contribution is -2.30. The SMILES string of the molecule is CC(=O)[C@H]1C(C)=CC=CC1(C)C. The molecule has 0 aromatic rings. The van der Waals surface area contributed by atoms with Crippen LogP contribution in [-0.4, -0.2) is 5.78 Å². The van der Waals surface area contributed by atoms with Crippen LogP contribution < -0.4 is 0 Å². The minimum Gasteiger partial charge on any atom is -0.299 e. The summed E-state index contributed by atoms with van der Waals surface area (Å²) in [6.45, 7) is 7.90. The van der Waals surface area contributed by atoms with Crippen LogP contribution in [0.3, 0.4) is 0 Å². The minimum absolute atomic E-state index is 0.00926. The molecule has 0 radical (unpaired) electrons. The van der Waals surface area contributed by atoms with Crippen molar-refractivity contribution >= 4 is 5.78 Å². The molecule has 1 aliphatic carbocycles. The van der Waals surface area contributed by atoms with Crippen molar-refractivity contribution in [2.45, 2.75) is 27.7 Å². The summed E-state index contributed by atoms with van der Waals surface area (Å²) >= 11 is 0. The maximum atomic E-state index is 11.4. The number of carbonyl (C=O) groups excluding carboxylic acids is 1. The van der Waals surface area contributed by atoms with E-state index in [2.05, 4.69) is 19.9 Å². The first-order valence-corrected chi connectivity index (χ1v) is 4.31. The van der Waals surface area contributed by atoms with E-state index in [4.69, 9.17) is 0 Å². The van der Waals surface area contributed by atoms with Gasteiger partial charge in [0.1, 0.15) is 5.78 Å². The highest BCUT2D eigenvalue weighted by atomic mass is 16.1. The second-order valence-electron chi connectivity index (χ2n) is 4.13. The molecule has 1 rings (SSSR count). The molecular weight excluding hydrogens is 148 g/mol. The Labute approximate surface area is 74.2 Å². The Kier molecular flexibility index (Phi) is 2.22. The normalized spacial score (nSPS) is 26.7. The van der Waals surface area contributed by atoms with Crippen LogP contribution in [0.1, 0.15) is 27.7 Å². The molecule has 0 amide bonds. The maximum absolute atomic E-state index is 11.4. The summed E-state index contributed by atoms with van der Waals surface area (Å²) in [5.41, 5.74) is 1.17. The third-order valence-electron chi connectivity index (χ3n) is 2.49. The molecule has 1 heteroatoms. The maximum Gasteiger partial charge on any atom is 0.137 e. The standard InChI is InChI=1S/C11H16O/c1-8-6-5-7-11(3,4)10(8)9(2)12/h5-7,10H,1-4H3/t10-/m1/s1. The lowest BCUT2D eigenvalue weighted by Gasteiger charge is -2.32. The molecule has 1 aliphatic rings. The number of ketones is 1. The van der Waals surface area contributed by atoms with Gasteiger partial charge in [-0.3, -0.25) is 4.79 Å². The van der Waals surface area contributed by atoms with Crippen molar-refractivity contribution in [1.29, 1.82) is 0 Å². The van der Waals surface area contributed by atoms with E-state index in [-0.39, 0.29) is 17.1 Å². The molecule has 0 bridgehead atoms. The third-order valence-corrected chi connectivity index (χ3v) is 2.49. The van der Waals surface area contributed by atoms with Crippen LogP contribution in [0.25, 0.3) is 0 Å². The molecular formula is C11H16O. The van der Waals surface area contributed by atoms with Crippen molar-refractivity contribution in [2.75, 3.05) is 0 Å². The Morgan fingerprint density at radius 3 is 2.42 bits per heavy atom. The zero-order chi connectivity index (χ0) is 9.35. The molecule has 1 atom stereocenters. The fourth-order valence-corrected chi connectivity index (χ4v) is 2.07. The summed E-state index contributed by atoms with van der Waals surface area (Å²) in [6, 6.07) is 0. The second-order valence-corrected chi connectivity index (χ2v) is 4.13. The summed E-state index contributed by atoms with van der Waals surface area (Å²) in [6.07, 6.45) is 6.16. The van der Waals surface area contributed by atoms with E-state index in [1.807, 2.05) is 19.1 Å². The highest BCUT2D eigenvalue weighted by Crippen LogP contribution is 2.37. The monoisotopic (exact) mass is 164 g/mol. The molecule has 66 valence electrons. The van der Waals surface area contributed by atoms with Gasteiger partial charge in [-0.1, -0.05) is 37.6 Å². The molecule has 0 N–H and O–H groups in total. The third kappa shape index (κ3) is 1.50. The Morgan fingerprint density at radius 2 is 2.08 bits per heavy atom. The predicted octanol–water partition coefficient (Wildman–Crippen LogP) is 2.73. The number of carbonyl (C=O) groups is 1. The smallest absolute Gasteiger partial charge is 0.137 e. The van der Waals surface area contributed by atoms with E-state index in [1.165, 1.54) is 5.57 Å². The Morgan fingerprint density at radius 1 is 1.50 bits per heavy atom. The van der Waals surface area contributed by atoms with Gasteiger partial charge in [-0.25, -0.2) is 0 Å². The quantitative estimate of drug-likeness (QED) is 0.582. The average Bonchev–Trinajstić information content (AvgIpc) is 1.82. The first kappa shape index (κ1) is 9.24. The largest absolute Gasteiger partial charge is 0.299 e. The minimum atomic E-state index is -0.00926. The van der Waals surface area contributed by atoms with Gasteiger partial charge in [0, 0.05) is 5.92 Å². The Hall–Kier alpha value is -0.850. The fourth-order valence-electron chi connectivity index (χ4n) is 2.07. The summed E-state index contributed by atoms with van der Waals surface area (Å²) < 4.78 is 0. The van der Waals surface area contributed by atoms with E-state index in [1.54, 1.807) is 6.92 Å². The fraction of sp³-hybridized carbons (Fsp3) is 0.545. The summed E-state index contributed by atoms with van der Waals surface area (Å²) in [5, 5.41) is 0. The van der Waals surface area contributed by atoms with Crippen LogP contribution in [0.2, 0.25) is 0 Å². The van der Waals surface area contributed by atoms with Gasteiger partial charge in [-0.2, -0.15) is 0 Å². The number of Topliss-reactive ketones (excluding diaryl/α,β-unsaturated/α-hetero) is 1. The number of allylic oxidation sites excluding steroid dienone is 4. The van der Waals surface area contributed by atoms with Gasteiger partial charge in [0.25, 0.3) is 0 Å². The van der Waals surface area contributed by atoms with Crippen LogP contribution in [0.5, 0.6) is 0 Å². The molecule has 0 aliphatic heterocycles. The number of hydrogen-bond acceptors (Lipinski definition) is 1. The van der Waals surface area contributed by atoms with Crippen LogP contribution >= 0.6 is 0 Å². The van der Waals surface area contributed by atoms with Gasteiger partial charge >= 0.3 is 0 Å². The topological polar surface area (TPSA) is 17.1 Å². The van der Waals surface area contributed by atoms with Crippen molar-refractivity contribution in [1.82, 2.24) is 0 Å². The highest BCUT2D eigenvalue weighted by Gasteiger charge is 2.33. The Balaban J connectivity index is 3.03. The number of hydrogen-bond donors (Lipinski definition) is 0. The van der Waals surface area contributed by atoms with Crippen molar-refractivity contribution < 1.29 is 4.79 Å². The van der Waals surface area contributed by atoms with E-state index in [0.717, 1.165) is 0 Å². The first-order valence-electron chi connectivity index (χ1n) is 4.31. The number of rotatable bonds is 1. The average molecular weight is 164 g/mol. The Bertz CT molecular complexity index is 256. The zero-order valence-electron chi connectivity index (χ0n) is 8.22. The second kappa shape index (κ2) is 2.89. The lowest BCUT2D eigenvalue weighted by atomic mass is 9.70. The van der Waals surface area contributed by atoms with Gasteiger partial charge in [-0.15, -0.1) is 0 Å². The molecule has 1 nitrogen and oxygen atoms in total. The van der Waals surface area contributed by atoms with Crippen LogP contribution in [-0.2, 0) is 4.79 Å². The molecule has 0 aromatic heterocycles. The predicted molar refractivity (Wildman–Crippen MR) is 50.8 cm³/mol. The first-order chi connectivity index (χ1) is 5.45. The molecule has 0 fully saturated rings. The van der Waals surface area contributed by atoms with E-state index in [9.17, 15) is 4.79 Å². The van der Waals surface area contributed by atoms with Crippen LogP contribution in [0.4, 0.5) is 0 Å². The van der Waals surface area contributed by atoms with Crippen molar-refractivity contribution in [3.8, 4) is 0 Å². The molecule has 0 heterocycles. The van der Waals surface area contributed by atoms with Gasteiger partial charge in [0.05, 0.1) is 0 Å². The summed E-state index contributed by atoms with van der Waals surface area (Å²) in [7, 11) is 0. The zero-order valence-corrected chi connectivity index (χ0v) is 8.22.